The molecule has 6 heteroatoms. The standard InChI is InChI=1S/C64H98O6/c1-4-7-10-13-16-19-22-25-26-27-28-29-30-31-32-33-34-35-36-37-38-40-42-45-48-51-54-57-63(66)69-60-61(59-68-62(65)56-53-50-47-44-41-24-21-18-15-12-9-6-3)70-64(67)58-55-52-49-46-43-39-23-20-17-14-11-8-5-2/h7-8,10-11,16-21,25-26,28-29,31-32,34-35,37-39,42-43,45,49,52,61H,4-6,9,12-15,22-24,27,30,33,36,40-41,44,46-48,50-51,53-60H2,1-3H3/b10-7-,11-8-,19-16-,20-17-,21-18-,26-25-,29-28-,32-31-,35-34-,38-37-,43-39-,45-42-,52-49-. The monoisotopic (exact) mass is 963 g/mol. The number of esters is 3. The number of unbranched alkanes of at least 4 members (excludes halogenated alkanes) is 10. The van der Waals surface area contributed by atoms with Crippen LogP contribution < -0.4 is 0 Å². The zero-order valence-electron chi connectivity index (χ0n) is 44.5. The first-order valence-corrected chi connectivity index (χ1v) is 27.5. The fourth-order valence-corrected chi connectivity index (χ4v) is 6.70. The molecule has 0 bridgehead atoms. The van der Waals surface area contributed by atoms with E-state index in [4.69, 9.17) is 14.2 Å². The van der Waals surface area contributed by atoms with E-state index in [0.717, 1.165) is 122 Å². The molecular formula is C64H98O6. The van der Waals surface area contributed by atoms with E-state index in [1.807, 2.05) is 12.2 Å². The highest BCUT2D eigenvalue weighted by atomic mass is 16.6. The maximum atomic E-state index is 12.8. The lowest BCUT2D eigenvalue weighted by Gasteiger charge is -2.18. The third-order valence-corrected chi connectivity index (χ3v) is 10.8. The highest BCUT2D eigenvalue weighted by Crippen LogP contribution is 2.11. The van der Waals surface area contributed by atoms with Gasteiger partial charge in [-0.2, -0.15) is 0 Å². The number of hydrogen-bond donors (Lipinski definition) is 0. The predicted octanol–water partition coefficient (Wildman–Crippen LogP) is 18.6. The molecule has 0 radical (unpaired) electrons. The summed E-state index contributed by atoms with van der Waals surface area (Å²) >= 11 is 0. The molecule has 0 aromatic carbocycles. The van der Waals surface area contributed by atoms with E-state index in [1.54, 1.807) is 0 Å². The number of allylic oxidation sites excluding steroid dienone is 26. The quantitative estimate of drug-likeness (QED) is 0.0262. The first kappa shape index (κ1) is 65.0. The molecule has 0 saturated heterocycles. The van der Waals surface area contributed by atoms with Crippen molar-refractivity contribution < 1.29 is 28.6 Å². The third-order valence-electron chi connectivity index (χ3n) is 10.8. The van der Waals surface area contributed by atoms with Crippen molar-refractivity contribution in [2.45, 2.75) is 213 Å². The summed E-state index contributed by atoms with van der Waals surface area (Å²) in [6.07, 6.45) is 82.5. The normalized spacial score (nSPS) is 13.4. The summed E-state index contributed by atoms with van der Waals surface area (Å²) in [6, 6.07) is 0. The summed E-state index contributed by atoms with van der Waals surface area (Å²) in [5.74, 6) is -1.08. The zero-order chi connectivity index (χ0) is 50.7. The SMILES string of the molecule is CC/C=C\C/C=C\C/C=C\C/C=C\C/C=C\C/C=C\C/C=C\C/C=C\CCCCC(=O)OCC(COC(=O)CCCCCCC/C=C\CCCCC)OC(=O)CC/C=C\C/C=C\C/C=C\C/C=C\CC. The second-order valence-electron chi connectivity index (χ2n) is 17.4. The van der Waals surface area contributed by atoms with Crippen LogP contribution in [0.2, 0.25) is 0 Å². The Hall–Kier alpha value is -4.97. The molecule has 0 aliphatic heterocycles. The van der Waals surface area contributed by atoms with Crippen LogP contribution in [0.25, 0.3) is 0 Å². The van der Waals surface area contributed by atoms with Gasteiger partial charge in [0.15, 0.2) is 6.10 Å². The molecule has 0 aliphatic carbocycles. The Morgan fingerprint density at radius 3 is 0.971 bits per heavy atom. The molecule has 0 spiro atoms. The van der Waals surface area contributed by atoms with Gasteiger partial charge in [-0.05, 0) is 135 Å². The first-order valence-electron chi connectivity index (χ1n) is 27.5. The van der Waals surface area contributed by atoms with Crippen molar-refractivity contribution in [2.24, 2.45) is 0 Å². The van der Waals surface area contributed by atoms with Crippen LogP contribution in [0.1, 0.15) is 207 Å². The molecule has 6 nitrogen and oxygen atoms in total. The van der Waals surface area contributed by atoms with E-state index >= 15 is 0 Å². The molecule has 70 heavy (non-hydrogen) atoms. The first-order chi connectivity index (χ1) is 34.5. The summed E-state index contributed by atoms with van der Waals surface area (Å²) < 4.78 is 16.7. The lowest BCUT2D eigenvalue weighted by Crippen LogP contribution is -2.30. The average molecular weight is 963 g/mol. The molecule has 0 rings (SSSR count). The predicted molar refractivity (Wildman–Crippen MR) is 302 cm³/mol. The fraction of sp³-hybridized carbons (Fsp3) is 0.547. The molecule has 0 aliphatic rings. The zero-order valence-corrected chi connectivity index (χ0v) is 44.5. The Balaban J connectivity index is 4.48. The van der Waals surface area contributed by atoms with Gasteiger partial charge in [-0.3, -0.25) is 14.4 Å². The molecule has 0 N–H and O–H groups in total. The molecule has 0 fully saturated rings. The van der Waals surface area contributed by atoms with Crippen molar-refractivity contribution in [3.63, 3.8) is 0 Å². The van der Waals surface area contributed by atoms with Crippen LogP contribution in [0.5, 0.6) is 0 Å². The lowest BCUT2D eigenvalue weighted by atomic mass is 10.1. The summed E-state index contributed by atoms with van der Waals surface area (Å²) in [6.45, 7) is 6.25. The van der Waals surface area contributed by atoms with Gasteiger partial charge in [0.2, 0.25) is 0 Å². The van der Waals surface area contributed by atoms with Gasteiger partial charge in [0.05, 0.1) is 0 Å². The minimum atomic E-state index is -0.844. The van der Waals surface area contributed by atoms with E-state index in [2.05, 4.69) is 167 Å². The number of carbonyl (C=O) groups excluding carboxylic acids is 3. The topological polar surface area (TPSA) is 78.9 Å². The highest BCUT2D eigenvalue weighted by molar-refractivity contribution is 5.71. The molecule has 0 aromatic heterocycles. The number of hydrogen-bond acceptors (Lipinski definition) is 6. The van der Waals surface area contributed by atoms with Crippen LogP contribution in [0.15, 0.2) is 158 Å². The van der Waals surface area contributed by atoms with Crippen LogP contribution in [-0.2, 0) is 28.6 Å². The molecular weight excluding hydrogens is 865 g/mol. The van der Waals surface area contributed by atoms with Gasteiger partial charge in [0.1, 0.15) is 13.2 Å². The average Bonchev–Trinajstić information content (AvgIpc) is 3.36. The molecule has 0 amide bonds. The highest BCUT2D eigenvalue weighted by Gasteiger charge is 2.19. The van der Waals surface area contributed by atoms with Gasteiger partial charge in [-0.25, -0.2) is 0 Å². The third kappa shape index (κ3) is 54.0. The Morgan fingerprint density at radius 2 is 0.586 bits per heavy atom. The van der Waals surface area contributed by atoms with E-state index in [9.17, 15) is 14.4 Å². The second kappa shape index (κ2) is 56.6. The number of carbonyl (C=O) groups is 3. The van der Waals surface area contributed by atoms with Crippen LogP contribution in [0, 0.1) is 0 Å². The molecule has 1 atom stereocenters. The van der Waals surface area contributed by atoms with E-state index in [0.29, 0.717) is 19.3 Å². The Bertz CT molecular complexity index is 1620. The van der Waals surface area contributed by atoms with Crippen LogP contribution in [-0.4, -0.2) is 37.2 Å². The largest absolute Gasteiger partial charge is 0.462 e. The van der Waals surface area contributed by atoms with Gasteiger partial charge in [-0.1, -0.05) is 211 Å². The van der Waals surface area contributed by atoms with Crippen molar-refractivity contribution in [3.8, 4) is 0 Å². The summed E-state index contributed by atoms with van der Waals surface area (Å²) in [4.78, 5) is 38.0. The minimum absolute atomic E-state index is 0.132. The summed E-state index contributed by atoms with van der Waals surface area (Å²) in [5, 5.41) is 0. The Morgan fingerprint density at radius 1 is 0.300 bits per heavy atom. The smallest absolute Gasteiger partial charge is 0.306 e. The molecule has 0 saturated carbocycles. The van der Waals surface area contributed by atoms with Crippen LogP contribution >= 0.6 is 0 Å². The summed E-state index contributed by atoms with van der Waals surface area (Å²) in [7, 11) is 0. The fourth-order valence-electron chi connectivity index (χ4n) is 6.70. The lowest BCUT2D eigenvalue weighted by molar-refractivity contribution is -0.166. The summed E-state index contributed by atoms with van der Waals surface area (Å²) in [5.41, 5.74) is 0. The Kier molecular flexibility index (Phi) is 52.6. The maximum Gasteiger partial charge on any atom is 0.306 e. The maximum absolute atomic E-state index is 12.8. The van der Waals surface area contributed by atoms with Crippen molar-refractivity contribution in [3.05, 3.63) is 158 Å². The number of ether oxygens (including phenoxy) is 3. The Labute approximate surface area is 429 Å². The van der Waals surface area contributed by atoms with Crippen LogP contribution in [0.3, 0.4) is 0 Å². The van der Waals surface area contributed by atoms with Gasteiger partial charge in [0, 0.05) is 19.3 Å². The van der Waals surface area contributed by atoms with E-state index in [1.165, 1.54) is 32.1 Å². The molecule has 0 aromatic rings. The van der Waals surface area contributed by atoms with E-state index in [-0.39, 0.29) is 38.0 Å². The second-order valence-corrected chi connectivity index (χ2v) is 17.4. The van der Waals surface area contributed by atoms with Gasteiger partial charge < -0.3 is 14.2 Å². The van der Waals surface area contributed by atoms with Crippen molar-refractivity contribution in [1.82, 2.24) is 0 Å². The van der Waals surface area contributed by atoms with Crippen molar-refractivity contribution in [1.29, 1.82) is 0 Å². The van der Waals surface area contributed by atoms with E-state index < -0.39 is 12.1 Å². The van der Waals surface area contributed by atoms with Gasteiger partial charge >= 0.3 is 17.9 Å². The number of rotatable bonds is 47. The molecule has 390 valence electrons. The van der Waals surface area contributed by atoms with Gasteiger partial charge in [-0.15, -0.1) is 0 Å². The van der Waals surface area contributed by atoms with Crippen molar-refractivity contribution >= 4 is 17.9 Å². The van der Waals surface area contributed by atoms with Crippen molar-refractivity contribution in [2.75, 3.05) is 13.2 Å². The molecule has 1 unspecified atom stereocenters. The minimum Gasteiger partial charge on any atom is -0.462 e. The van der Waals surface area contributed by atoms with Crippen LogP contribution in [0.4, 0.5) is 0 Å². The van der Waals surface area contributed by atoms with Gasteiger partial charge in [0.25, 0.3) is 0 Å². The molecule has 0 heterocycles.